The van der Waals surface area contributed by atoms with Crippen LogP contribution in [0.2, 0.25) is 0 Å². The number of imidazole rings is 1. The second-order valence-electron chi connectivity index (χ2n) is 2.74. The molecule has 3 heteroatoms. The topological polar surface area (TPSA) is 26.9 Å². The third kappa shape index (κ3) is 1.73. The minimum Gasteiger partial charge on any atom is -0.302 e. The average Bonchev–Trinajstić information content (AvgIpc) is 2.31. The van der Waals surface area contributed by atoms with Crippen molar-refractivity contribution in [1.29, 1.82) is 0 Å². The summed E-state index contributed by atoms with van der Waals surface area (Å²) in [5.74, 6) is 0. The van der Waals surface area contributed by atoms with Crippen LogP contribution in [0.1, 0.15) is 19.8 Å². The Morgan fingerprint density at radius 2 is 2.18 bits per heavy atom. The van der Waals surface area contributed by atoms with Crippen LogP contribution in [0.5, 0.6) is 0 Å². The highest BCUT2D eigenvalue weighted by atomic mass is 16.1. The van der Waals surface area contributed by atoms with E-state index >= 15 is 0 Å². The van der Waals surface area contributed by atoms with Gasteiger partial charge in [0.2, 0.25) is 0 Å². The molecular formula is C8H14N2O. The van der Waals surface area contributed by atoms with Gasteiger partial charge in [0.15, 0.2) is 0 Å². The van der Waals surface area contributed by atoms with Gasteiger partial charge < -0.3 is 4.57 Å². The number of aromatic nitrogens is 2. The van der Waals surface area contributed by atoms with Crippen molar-refractivity contribution in [2.75, 3.05) is 0 Å². The van der Waals surface area contributed by atoms with Crippen molar-refractivity contribution in [2.24, 2.45) is 7.05 Å². The Morgan fingerprint density at radius 3 is 2.64 bits per heavy atom. The molecule has 0 spiro atoms. The molecule has 1 rings (SSSR count). The Morgan fingerprint density at radius 1 is 1.45 bits per heavy atom. The zero-order valence-corrected chi connectivity index (χ0v) is 7.08. The minimum atomic E-state index is 0.0819. The van der Waals surface area contributed by atoms with E-state index in [1.165, 1.54) is 0 Å². The summed E-state index contributed by atoms with van der Waals surface area (Å²) in [5.41, 5.74) is 0.0819. The quantitative estimate of drug-likeness (QED) is 0.637. The second-order valence-corrected chi connectivity index (χ2v) is 2.74. The zero-order valence-electron chi connectivity index (χ0n) is 7.08. The van der Waals surface area contributed by atoms with Crippen LogP contribution < -0.4 is 5.69 Å². The van der Waals surface area contributed by atoms with Crippen LogP contribution >= 0.6 is 0 Å². The van der Waals surface area contributed by atoms with Gasteiger partial charge in [-0.3, -0.25) is 4.57 Å². The average molecular weight is 154 g/mol. The molecule has 0 saturated heterocycles. The molecule has 0 amide bonds. The molecule has 0 fully saturated rings. The molecule has 3 nitrogen and oxygen atoms in total. The summed E-state index contributed by atoms with van der Waals surface area (Å²) in [4.78, 5) is 11.2. The molecule has 0 saturated carbocycles. The van der Waals surface area contributed by atoms with Gasteiger partial charge >= 0.3 is 5.69 Å². The molecule has 1 heterocycles. The summed E-state index contributed by atoms with van der Waals surface area (Å²) in [6, 6.07) is 0. The van der Waals surface area contributed by atoms with E-state index in [1.807, 2.05) is 6.20 Å². The van der Waals surface area contributed by atoms with Gasteiger partial charge in [-0.1, -0.05) is 13.3 Å². The van der Waals surface area contributed by atoms with Crippen molar-refractivity contribution in [3.8, 4) is 0 Å². The fraction of sp³-hybridized carbons (Fsp3) is 0.625. The molecule has 1 aromatic heterocycles. The normalized spacial score (nSPS) is 10.4. The highest BCUT2D eigenvalue weighted by Crippen LogP contribution is 1.90. The summed E-state index contributed by atoms with van der Waals surface area (Å²) in [5, 5.41) is 0. The lowest BCUT2D eigenvalue weighted by Crippen LogP contribution is -2.21. The maximum absolute atomic E-state index is 11.2. The molecule has 0 aliphatic heterocycles. The van der Waals surface area contributed by atoms with E-state index in [1.54, 1.807) is 22.4 Å². The van der Waals surface area contributed by atoms with E-state index in [0.29, 0.717) is 0 Å². The maximum atomic E-state index is 11.2. The molecule has 0 aromatic carbocycles. The lowest BCUT2D eigenvalue weighted by Gasteiger charge is -1.96. The van der Waals surface area contributed by atoms with E-state index in [9.17, 15) is 4.79 Å². The first-order valence-corrected chi connectivity index (χ1v) is 3.97. The van der Waals surface area contributed by atoms with Gasteiger partial charge in [-0.2, -0.15) is 0 Å². The highest BCUT2D eigenvalue weighted by molar-refractivity contribution is 4.79. The summed E-state index contributed by atoms with van der Waals surface area (Å²) in [6.45, 7) is 2.96. The second kappa shape index (κ2) is 3.42. The Kier molecular flexibility index (Phi) is 2.52. The zero-order chi connectivity index (χ0) is 8.27. The van der Waals surface area contributed by atoms with E-state index < -0.39 is 0 Å². The number of unbranched alkanes of at least 4 members (excludes halogenated alkanes) is 1. The van der Waals surface area contributed by atoms with E-state index in [0.717, 1.165) is 19.4 Å². The fourth-order valence-corrected chi connectivity index (χ4v) is 1.01. The standard InChI is InChI=1S/C8H14N2O/c1-3-4-5-10-7-6-9(2)8(10)11/h6-7H,3-5H2,1-2H3. The predicted molar refractivity (Wildman–Crippen MR) is 44.6 cm³/mol. The van der Waals surface area contributed by atoms with Crippen LogP contribution in [0.4, 0.5) is 0 Å². The first-order valence-electron chi connectivity index (χ1n) is 3.97. The SMILES string of the molecule is CCCCn1ccn(C)c1=O. The van der Waals surface area contributed by atoms with Crippen molar-refractivity contribution in [2.45, 2.75) is 26.3 Å². The highest BCUT2D eigenvalue weighted by Gasteiger charge is 1.96. The summed E-state index contributed by atoms with van der Waals surface area (Å²) in [6.07, 6.45) is 5.82. The molecule has 0 radical (unpaired) electrons. The minimum absolute atomic E-state index is 0.0819. The third-order valence-corrected chi connectivity index (χ3v) is 1.77. The van der Waals surface area contributed by atoms with Gasteiger partial charge in [-0.05, 0) is 6.42 Å². The summed E-state index contributed by atoms with van der Waals surface area (Å²) >= 11 is 0. The Labute approximate surface area is 66.3 Å². The molecule has 1 aromatic rings. The van der Waals surface area contributed by atoms with E-state index in [2.05, 4.69) is 6.92 Å². The summed E-state index contributed by atoms with van der Waals surface area (Å²) < 4.78 is 3.33. The fourth-order valence-electron chi connectivity index (χ4n) is 1.01. The molecule has 0 aliphatic rings. The lowest BCUT2D eigenvalue weighted by atomic mass is 10.3. The van der Waals surface area contributed by atoms with Gasteiger partial charge in [0.05, 0.1) is 0 Å². The summed E-state index contributed by atoms with van der Waals surface area (Å²) in [7, 11) is 1.77. The monoisotopic (exact) mass is 154 g/mol. The Bertz CT molecular complexity index is 272. The van der Waals surface area contributed by atoms with Crippen molar-refractivity contribution in [3.05, 3.63) is 22.9 Å². The van der Waals surface area contributed by atoms with Gasteiger partial charge in [0, 0.05) is 26.0 Å². The molecule has 0 unspecified atom stereocenters. The van der Waals surface area contributed by atoms with Crippen molar-refractivity contribution in [3.63, 3.8) is 0 Å². The van der Waals surface area contributed by atoms with E-state index in [4.69, 9.17) is 0 Å². The molecular weight excluding hydrogens is 140 g/mol. The van der Waals surface area contributed by atoms with Crippen molar-refractivity contribution < 1.29 is 0 Å². The largest absolute Gasteiger partial charge is 0.327 e. The number of hydrogen-bond donors (Lipinski definition) is 0. The number of nitrogens with zero attached hydrogens (tertiary/aromatic N) is 2. The molecule has 0 aliphatic carbocycles. The van der Waals surface area contributed by atoms with Crippen LogP contribution in [0.3, 0.4) is 0 Å². The van der Waals surface area contributed by atoms with Gasteiger partial charge in [0.25, 0.3) is 0 Å². The van der Waals surface area contributed by atoms with Crippen LogP contribution in [-0.2, 0) is 13.6 Å². The maximum Gasteiger partial charge on any atom is 0.327 e. The Hall–Kier alpha value is -0.990. The third-order valence-electron chi connectivity index (χ3n) is 1.77. The van der Waals surface area contributed by atoms with Crippen LogP contribution in [0.15, 0.2) is 17.2 Å². The first-order chi connectivity index (χ1) is 5.25. The molecule has 62 valence electrons. The number of hydrogen-bond acceptors (Lipinski definition) is 1. The molecule has 11 heavy (non-hydrogen) atoms. The lowest BCUT2D eigenvalue weighted by molar-refractivity contribution is 0.602. The predicted octanol–water partition coefficient (Wildman–Crippen LogP) is 0.987. The first kappa shape index (κ1) is 8.11. The molecule has 0 atom stereocenters. The van der Waals surface area contributed by atoms with Gasteiger partial charge in [-0.25, -0.2) is 4.79 Å². The van der Waals surface area contributed by atoms with Crippen molar-refractivity contribution in [1.82, 2.24) is 9.13 Å². The van der Waals surface area contributed by atoms with Crippen LogP contribution in [-0.4, -0.2) is 9.13 Å². The van der Waals surface area contributed by atoms with Gasteiger partial charge in [-0.15, -0.1) is 0 Å². The van der Waals surface area contributed by atoms with Crippen LogP contribution in [0.25, 0.3) is 0 Å². The number of aryl methyl sites for hydroxylation is 2. The number of rotatable bonds is 3. The van der Waals surface area contributed by atoms with Crippen molar-refractivity contribution >= 4 is 0 Å². The molecule has 0 N–H and O–H groups in total. The molecule has 0 bridgehead atoms. The van der Waals surface area contributed by atoms with Gasteiger partial charge in [0.1, 0.15) is 0 Å². The van der Waals surface area contributed by atoms with E-state index in [-0.39, 0.29) is 5.69 Å². The van der Waals surface area contributed by atoms with Crippen LogP contribution in [0, 0.1) is 0 Å². The Balaban J connectivity index is 2.71. The smallest absolute Gasteiger partial charge is 0.302 e.